The lowest BCUT2D eigenvalue weighted by molar-refractivity contribution is -0.142. The van der Waals surface area contributed by atoms with Gasteiger partial charge in [-0.2, -0.15) is 0 Å². The number of rotatable bonds is 5. The largest absolute Gasteiger partial charge is 0.355 e. The maximum atomic E-state index is 13.2. The van der Waals surface area contributed by atoms with E-state index in [2.05, 4.69) is 27.2 Å². The van der Waals surface area contributed by atoms with Gasteiger partial charge in [-0.25, -0.2) is 0 Å². The quantitative estimate of drug-likeness (QED) is 0.867. The molecular formula is C22H31N3O2. The molecule has 1 spiro atoms. The fourth-order valence-corrected chi connectivity index (χ4v) is 4.87. The smallest absolute Gasteiger partial charge is 0.234 e. The predicted molar refractivity (Wildman–Crippen MR) is 105 cm³/mol. The van der Waals surface area contributed by atoms with E-state index >= 15 is 0 Å². The molecule has 1 N–H and O–H groups in total. The van der Waals surface area contributed by atoms with Crippen LogP contribution in [0.3, 0.4) is 0 Å². The van der Waals surface area contributed by atoms with Gasteiger partial charge in [-0.1, -0.05) is 30.3 Å². The van der Waals surface area contributed by atoms with E-state index in [0.29, 0.717) is 25.0 Å². The number of hydrogen-bond donors (Lipinski definition) is 1. The molecule has 2 aliphatic heterocycles. The van der Waals surface area contributed by atoms with Crippen molar-refractivity contribution in [3.63, 3.8) is 0 Å². The number of likely N-dealkylation sites (N-methyl/N-ethyl adjacent to an activating group) is 1. The Morgan fingerprint density at radius 1 is 1.19 bits per heavy atom. The van der Waals surface area contributed by atoms with Crippen LogP contribution in [0.15, 0.2) is 30.3 Å². The van der Waals surface area contributed by atoms with Crippen molar-refractivity contribution in [2.45, 2.75) is 51.0 Å². The minimum Gasteiger partial charge on any atom is -0.355 e. The molecule has 4 rings (SSSR count). The van der Waals surface area contributed by atoms with Crippen LogP contribution in [0.25, 0.3) is 0 Å². The van der Waals surface area contributed by atoms with Crippen molar-refractivity contribution >= 4 is 11.8 Å². The highest BCUT2D eigenvalue weighted by molar-refractivity contribution is 5.85. The molecule has 27 heavy (non-hydrogen) atoms. The molecule has 0 radical (unpaired) electrons. The molecule has 1 aromatic rings. The van der Waals surface area contributed by atoms with Gasteiger partial charge in [0.25, 0.3) is 0 Å². The van der Waals surface area contributed by atoms with E-state index in [0.717, 1.165) is 57.3 Å². The van der Waals surface area contributed by atoms with Crippen molar-refractivity contribution in [2.75, 3.05) is 32.7 Å². The third-order valence-electron chi connectivity index (χ3n) is 6.57. The van der Waals surface area contributed by atoms with Gasteiger partial charge >= 0.3 is 0 Å². The Bertz CT molecular complexity index is 678. The summed E-state index contributed by atoms with van der Waals surface area (Å²) in [5.41, 5.74) is 1.37. The summed E-state index contributed by atoms with van der Waals surface area (Å²) < 4.78 is 0. The number of benzene rings is 1. The van der Waals surface area contributed by atoms with Gasteiger partial charge in [-0.05, 0) is 63.1 Å². The average molecular weight is 370 g/mol. The van der Waals surface area contributed by atoms with Crippen molar-refractivity contribution in [1.29, 1.82) is 0 Å². The second-order valence-electron chi connectivity index (χ2n) is 8.59. The minimum absolute atomic E-state index is 0.00418. The van der Waals surface area contributed by atoms with Crippen LogP contribution in [0.4, 0.5) is 0 Å². The van der Waals surface area contributed by atoms with Crippen molar-refractivity contribution in [3.05, 3.63) is 35.9 Å². The monoisotopic (exact) mass is 369 g/mol. The van der Waals surface area contributed by atoms with Gasteiger partial charge < -0.3 is 10.2 Å². The van der Waals surface area contributed by atoms with Gasteiger partial charge in [-0.15, -0.1) is 0 Å². The molecule has 2 heterocycles. The SMILES string of the molecule is CCNC(=O)CN1CCC2(CC1)C[C@H](c1ccccc1)C(=O)N(C1CC1)C2. The molecule has 5 heteroatoms. The van der Waals surface area contributed by atoms with Crippen LogP contribution in [0.2, 0.25) is 0 Å². The number of likely N-dealkylation sites (tertiary alicyclic amines) is 2. The van der Waals surface area contributed by atoms with Crippen LogP contribution in [-0.2, 0) is 9.59 Å². The first-order valence-corrected chi connectivity index (χ1v) is 10.4. The summed E-state index contributed by atoms with van der Waals surface area (Å²) in [5.74, 6) is 0.448. The van der Waals surface area contributed by atoms with E-state index < -0.39 is 0 Å². The van der Waals surface area contributed by atoms with E-state index in [1.807, 2.05) is 25.1 Å². The number of carbonyl (C=O) groups excluding carboxylic acids is 2. The molecule has 1 aromatic carbocycles. The highest BCUT2D eigenvalue weighted by atomic mass is 16.2. The number of carbonyl (C=O) groups is 2. The third-order valence-corrected chi connectivity index (χ3v) is 6.57. The van der Waals surface area contributed by atoms with E-state index in [9.17, 15) is 9.59 Å². The van der Waals surface area contributed by atoms with Crippen LogP contribution in [0.1, 0.15) is 50.5 Å². The molecule has 2 saturated heterocycles. The fraction of sp³-hybridized carbons (Fsp3) is 0.636. The highest BCUT2D eigenvalue weighted by Crippen LogP contribution is 2.48. The molecule has 0 bridgehead atoms. The molecule has 0 aromatic heterocycles. The maximum Gasteiger partial charge on any atom is 0.234 e. The number of nitrogens with one attached hydrogen (secondary N) is 1. The van der Waals surface area contributed by atoms with Gasteiger partial charge in [0.2, 0.25) is 11.8 Å². The molecule has 146 valence electrons. The van der Waals surface area contributed by atoms with Crippen molar-refractivity contribution in [2.24, 2.45) is 5.41 Å². The molecule has 1 atom stereocenters. The lowest BCUT2D eigenvalue weighted by atomic mass is 9.67. The van der Waals surface area contributed by atoms with Crippen LogP contribution < -0.4 is 5.32 Å². The lowest BCUT2D eigenvalue weighted by Gasteiger charge is -2.50. The molecule has 1 saturated carbocycles. The summed E-state index contributed by atoms with van der Waals surface area (Å²) in [4.78, 5) is 29.5. The lowest BCUT2D eigenvalue weighted by Crippen LogP contribution is -2.55. The van der Waals surface area contributed by atoms with Crippen molar-refractivity contribution < 1.29 is 9.59 Å². The molecule has 3 fully saturated rings. The van der Waals surface area contributed by atoms with Gasteiger partial charge in [-0.3, -0.25) is 14.5 Å². The Hall–Kier alpha value is -1.88. The summed E-state index contributed by atoms with van der Waals surface area (Å²) in [6.45, 7) is 5.95. The zero-order valence-electron chi connectivity index (χ0n) is 16.3. The van der Waals surface area contributed by atoms with Gasteiger partial charge in [0.15, 0.2) is 0 Å². The van der Waals surface area contributed by atoms with Crippen LogP contribution in [-0.4, -0.2) is 60.4 Å². The molecule has 0 unspecified atom stereocenters. The van der Waals surface area contributed by atoms with E-state index in [4.69, 9.17) is 0 Å². The summed E-state index contributed by atoms with van der Waals surface area (Å²) in [7, 11) is 0. The molecule has 3 aliphatic rings. The van der Waals surface area contributed by atoms with Crippen LogP contribution >= 0.6 is 0 Å². The van der Waals surface area contributed by atoms with Crippen molar-refractivity contribution in [3.8, 4) is 0 Å². The van der Waals surface area contributed by atoms with Crippen molar-refractivity contribution in [1.82, 2.24) is 15.1 Å². The second kappa shape index (κ2) is 7.63. The van der Waals surface area contributed by atoms with Crippen LogP contribution in [0.5, 0.6) is 0 Å². The average Bonchev–Trinajstić information content (AvgIpc) is 3.52. The zero-order chi connectivity index (χ0) is 18.9. The Labute approximate surface area is 162 Å². The summed E-state index contributed by atoms with van der Waals surface area (Å²) >= 11 is 0. The number of piperidine rings is 2. The first-order valence-electron chi connectivity index (χ1n) is 10.4. The predicted octanol–water partition coefficient (Wildman–Crippen LogP) is 2.38. The van der Waals surface area contributed by atoms with E-state index in [1.54, 1.807) is 0 Å². The minimum atomic E-state index is -0.00418. The number of hydrogen-bond acceptors (Lipinski definition) is 3. The first-order chi connectivity index (χ1) is 13.1. The zero-order valence-corrected chi connectivity index (χ0v) is 16.3. The van der Waals surface area contributed by atoms with Gasteiger partial charge in [0, 0.05) is 19.1 Å². The summed E-state index contributed by atoms with van der Waals surface area (Å²) in [5, 5.41) is 2.89. The summed E-state index contributed by atoms with van der Waals surface area (Å²) in [6.07, 6.45) is 5.42. The Kier molecular flexibility index (Phi) is 5.22. The Morgan fingerprint density at radius 2 is 1.89 bits per heavy atom. The van der Waals surface area contributed by atoms with Gasteiger partial charge in [0.1, 0.15) is 0 Å². The maximum absolute atomic E-state index is 13.2. The molecule has 2 amide bonds. The topological polar surface area (TPSA) is 52.7 Å². The Balaban J connectivity index is 1.47. The molecule has 1 aliphatic carbocycles. The van der Waals surface area contributed by atoms with Crippen LogP contribution in [0, 0.1) is 5.41 Å². The number of nitrogens with zero attached hydrogens (tertiary/aromatic N) is 2. The van der Waals surface area contributed by atoms with Gasteiger partial charge in [0.05, 0.1) is 12.5 Å². The standard InChI is InChI=1S/C22H31N3O2/c1-2-23-20(26)15-24-12-10-22(11-13-24)14-19(17-6-4-3-5-7-17)21(27)25(16-22)18-8-9-18/h3-7,18-19H,2,8-16H2,1H3,(H,23,26)/t19-/m1/s1. The normalized spacial score (nSPS) is 25.6. The highest BCUT2D eigenvalue weighted by Gasteiger charge is 2.49. The number of amides is 2. The Morgan fingerprint density at radius 3 is 2.52 bits per heavy atom. The first kappa shape index (κ1) is 18.5. The molecular weight excluding hydrogens is 338 g/mol. The fourth-order valence-electron chi connectivity index (χ4n) is 4.87. The second-order valence-corrected chi connectivity index (χ2v) is 8.59. The summed E-state index contributed by atoms with van der Waals surface area (Å²) in [6, 6.07) is 10.8. The molecule has 5 nitrogen and oxygen atoms in total. The van der Waals surface area contributed by atoms with E-state index in [-0.39, 0.29) is 17.2 Å². The van der Waals surface area contributed by atoms with E-state index in [1.165, 1.54) is 0 Å². The third kappa shape index (κ3) is 4.03.